The average Bonchev–Trinajstić information content (AvgIpc) is 2.79. The van der Waals surface area contributed by atoms with Crippen molar-refractivity contribution in [2.24, 2.45) is 0 Å². The Morgan fingerprint density at radius 3 is 2.24 bits per heavy atom. The predicted octanol–water partition coefficient (Wildman–Crippen LogP) is 4.54. The summed E-state index contributed by atoms with van der Waals surface area (Å²) in [5, 5.41) is 6.28. The molecule has 7 nitrogen and oxygen atoms in total. The van der Waals surface area contributed by atoms with Crippen LogP contribution in [-0.2, 0) is 13.0 Å². The normalized spacial score (nSPS) is 13.5. The van der Waals surface area contributed by atoms with Crippen LogP contribution in [0.4, 0.5) is 5.95 Å². The highest BCUT2D eigenvalue weighted by atomic mass is 35.5. The maximum absolute atomic E-state index is 13.5. The van der Waals surface area contributed by atoms with E-state index in [4.69, 9.17) is 28.2 Å². The summed E-state index contributed by atoms with van der Waals surface area (Å²) in [6, 6.07) is 14.2. The second kappa shape index (κ2) is 10.7. The van der Waals surface area contributed by atoms with Crippen molar-refractivity contribution in [1.29, 1.82) is 0 Å². The molecule has 0 unspecified atom stereocenters. The van der Waals surface area contributed by atoms with E-state index in [1.54, 1.807) is 48.3 Å². The number of anilines is 1. The van der Waals surface area contributed by atoms with Gasteiger partial charge in [-0.25, -0.2) is 4.98 Å². The van der Waals surface area contributed by atoms with Gasteiger partial charge in [-0.2, -0.15) is 4.68 Å². The lowest BCUT2D eigenvalue weighted by molar-refractivity contribution is 0.0732. The van der Waals surface area contributed by atoms with Gasteiger partial charge in [0.15, 0.2) is 0 Å². The molecule has 0 radical (unpaired) electrons. The smallest absolute Gasteiger partial charge is 0.278 e. The lowest BCUT2D eigenvalue weighted by Crippen LogP contribution is -2.45. The van der Waals surface area contributed by atoms with Crippen LogP contribution in [0.25, 0.3) is 0 Å². The molecule has 1 aliphatic heterocycles. The fourth-order valence-electron chi connectivity index (χ4n) is 3.91. The van der Waals surface area contributed by atoms with Crippen LogP contribution in [0.3, 0.4) is 0 Å². The van der Waals surface area contributed by atoms with Gasteiger partial charge >= 0.3 is 0 Å². The number of fused-ring (bicyclic) bond motifs is 1. The van der Waals surface area contributed by atoms with Gasteiger partial charge in [0.2, 0.25) is 5.95 Å². The Morgan fingerprint density at radius 2 is 1.65 bits per heavy atom. The summed E-state index contributed by atoms with van der Waals surface area (Å²) in [7, 11) is 3.57. The Bertz CT molecular complexity index is 1230. The quantitative estimate of drug-likeness (QED) is 0.533. The molecule has 0 spiro atoms. The summed E-state index contributed by atoms with van der Waals surface area (Å²) in [5.41, 5.74) is 2.62. The van der Waals surface area contributed by atoms with Gasteiger partial charge < -0.3 is 15.2 Å². The molecule has 0 bridgehead atoms. The number of amides is 1. The molecule has 0 saturated carbocycles. The van der Waals surface area contributed by atoms with Gasteiger partial charge in [-0.05, 0) is 48.9 Å². The molecule has 2 aromatic carbocycles. The number of halogens is 3. The highest BCUT2D eigenvalue weighted by Crippen LogP contribution is 2.23. The van der Waals surface area contributed by atoms with Crippen LogP contribution >= 0.6 is 35.6 Å². The Labute approximate surface area is 214 Å². The van der Waals surface area contributed by atoms with Gasteiger partial charge in [0.1, 0.15) is 0 Å². The van der Waals surface area contributed by atoms with Crippen LogP contribution in [0, 0.1) is 0 Å². The molecule has 0 fully saturated rings. The van der Waals surface area contributed by atoms with Gasteiger partial charge in [0, 0.05) is 42.7 Å². The Morgan fingerprint density at radius 1 is 1.06 bits per heavy atom. The SMILES string of the molecule is C[C@H](Nc1nc2c(c(=O)n1N(C)C)CN(C(=O)c1ccc(Cl)cc1)CC2)c1ccc(Cl)cc1.Cl. The minimum Gasteiger partial charge on any atom is -0.348 e. The van der Waals surface area contributed by atoms with Crippen LogP contribution in [-0.4, -0.2) is 41.1 Å². The Kier molecular flexibility index (Phi) is 8.13. The van der Waals surface area contributed by atoms with E-state index in [9.17, 15) is 9.59 Å². The molecule has 34 heavy (non-hydrogen) atoms. The van der Waals surface area contributed by atoms with Crippen LogP contribution in [0.5, 0.6) is 0 Å². The maximum Gasteiger partial charge on any atom is 0.278 e. The number of aromatic nitrogens is 2. The number of benzene rings is 2. The lowest BCUT2D eigenvalue weighted by atomic mass is 10.1. The zero-order valence-electron chi connectivity index (χ0n) is 19.1. The number of hydrogen-bond donors (Lipinski definition) is 1. The first kappa shape index (κ1) is 25.9. The second-order valence-corrected chi connectivity index (χ2v) is 9.10. The van der Waals surface area contributed by atoms with Gasteiger partial charge in [-0.1, -0.05) is 35.3 Å². The molecule has 0 saturated heterocycles. The summed E-state index contributed by atoms with van der Waals surface area (Å²) >= 11 is 11.9. The monoisotopic (exact) mass is 521 g/mol. The van der Waals surface area contributed by atoms with E-state index in [0.29, 0.717) is 45.8 Å². The molecule has 3 aromatic rings. The molecule has 0 aliphatic carbocycles. The first-order chi connectivity index (χ1) is 15.7. The van der Waals surface area contributed by atoms with E-state index in [-0.39, 0.29) is 36.5 Å². The second-order valence-electron chi connectivity index (χ2n) is 8.23. The molecular weight excluding hydrogens is 497 g/mol. The first-order valence-corrected chi connectivity index (χ1v) is 11.4. The van der Waals surface area contributed by atoms with Gasteiger partial charge in [0.25, 0.3) is 11.5 Å². The largest absolute Gasteiger partial charge is 0.348 e. The van der Waals surface area contributed by atoms with Crippen LogP contribution in [0.2, 0.25) is 10.0 Å². The number of carbonyl (C=O) groups is 1. The van der Waals surface area contributed by atoms with E-state index < -0.39 is 0 Å². The molecule has 1 atom stereocenters. The van der Waals surface area contributed by atoms with E-state index in [1.807, 2.05) is 31.2 Å². The summed E-state index contributed by atoms with van der Waals surface area (Å²) < 4.78 is 1.50. The van der Waals surface area contributed by atoms with Crippen molar-refractivity contribution in [1.82, 2.24) is 14.6 Å². The van der Waals surface area contributed by atoms with Gasteiger partial charge in [0.05, 0.1) is 23.8 Å². The average molecular weight is 523 g/mol. The summed E-state index contributed by atoms with van der Waals surface area (Å²) in [5.74, 6) is 0.329. The van der Waals surface area contributed by atoms with Crippen molar-refractivity contribution < 1.29 is 4.79 Å². The number of carbonyl (C=O) groups excluding carboxylic acids is 1. The summed E-state index contributed by atoms with van der Waals surface area (Å²) in [6.45, 7) is 2.70. The molecule has 1 amide bonds. The molecule has 4 rings (SSSR count). The topological polar surface area (TPSA) is 70.5 Å². The molecular formula is C24H26Cl3N5O2. The molecule has 2 heterocycles. The van der Waals surface area contributed by atoms with Crippen molar-refractivity contribution in [3.8, 4) is 0 Å². The maximum atomic E-state index is 13.5. The molecule has 1 aliphatic rings. The van der Waals surface area contributed by atoms with Gasteiger partial charge in [-0.15, -0.1) is 12.4 Å². The van der Waals surface area contributed by atoms with Gasteiger partial charge in [-0.3, -0.25) is 9.59 Å². The van der Waals surface area contributed by atoms with Crippen LogP contribution < -0.4 is 15.9 Å². The predicted molar refractivity (Wildman–Crippen MR) is 139 cm³/mol. The minimum absolute atomic E-state index is 0. The van der Waals surface area contributed by atoms with Crippen molar-refractivity contribution in [2.75, 3.05) is 31.0 Å². The van der Waals surface area contributed by atoms with Crippen molar-refractivity contribution in [2.45, 2.75) is 25.9 Å². The number of hydrogen-bond acceptors (Lipinski definition) is 5. The number of nitrogens with one attached hydrogen (secondary N) is 1. The van der Waals surface area contributed by atoms with Crippen LogP contribution in [0.1, 0.15) is 40.1 Å². The minimum atomic E-state index is -0.190. The first-order valence-electron chi connectivity index (χ1n) is 10.6. The Hall–Kier alpha value is -2.74. The van der Waals surface area contributed by atoms with Crippen molar-refractivity contribution in [3.63, 3.8) is 0 Å². The van der Waals surface area contributed by atoms with Crippen LogP contribution in [0.15, 0.2) is 53.3 Å². The fraction of sp³-hybridized carbons (Fsp3) is 0.292. The van der Waals surface area contributed by atoms with Crippen molar-refractivity contribution >= 4 is 47.5 Å². The summed E-state index contributed by atoms with van der Waals surface area (Å²) in [4.78, 5) is 32.9. The number of rotatable bonds is 5. The molecule has 10 heteroatoms. The third-order valence-corrected chi connectivity index (χ3v) is 6.21. The molecule has 1 N–H and O–H groups in total. The lowest BCUT2D eigenvalue weighted by Gasteiger charge is -2.31. The van der Waals surface area contributed by atoms with E-state index in [1.165, 1.54) is 4.68 Å². The standard InChI is InChI=1S/C24H25Cl2N5O2.ClH/c1-15(16-4-8-18(25)9-5-16)27-24-28-21-12-13-30(14-20(21)23(33)31(24)29(2)3)22(32)17-6-10-19(26)11-7-17;/h4-11,15H,12-14H2,1-3H3,(H,27,28);1H/t15-;/m0./s1. The fourth-order valence-corrected chi connectivity index (χ4v) is 4.16. The zero-order chi connectivity index (χ0) is 23.7. The molecule has 180 valence electrons. The Balaban J connectivity index is 0.00000324. The third-order valence-electron chi connectivity index (χ3n) is 5.70. The van der Waals surface area contributed by atoms with E-state index in [2.05, 4.69) is 5.32 Å². The highest BCUT2D eigenvalue weighted by Gasteiger charge is 2.28. The molecule has 1 aromatic heterocycles. The summed E-state index contributed by atoms with van der Waals surface area (Å²) in [6.07, 6.45) is 0.502. The zero-order valence-corrected chi connectivity index (χ0v) is 21.4. The number of nitrogens with zero attached hydrogens (tertiary/aromatic N) is 4. The van der Waals surface area contributed by atoms with E-state index in [0.717, 1.165) is 5.56 Å². The third kappa shape index (κ3) is 5.32. The van der Waals surface area contributed by atoms with E-state index >= 15 is 0 Å². The highest BCUT2D eigenvalue weighted by molar-refractivity contribution is 6.30. The van der Waals surface area contributed by atoms with Crippen molar-refractivity contribution in [3.05, 3.63) is 91.3 Å².